The van der Waals surface area contributed by atoms with Crippen molar-refractivity contribution in [3.63, 3.8) is 0 Å². The molecule has 0 fully saturated rings. The summed E-state index contributed by atoms with van der Waals surface area (Å²) in [6.07, 6.45) is 0.609. The summed E-state index contributed by atoms with van der Waals surface area (Å²) in [6.45, 7) is 5.66. The van der Waals surface area contributed by atoms with Crippen LogP contribution in [0, 0.1) is 18.6 Å². The number of methoxy groups -OCH3 is 2. The normalized spacial score (nSPS) is 10.8. The van der Waals surface area contributed by atoms with Gasteiger partial charge in [0.05, 0.1) is 41.7 Å². The molecule has 3 N–H and O–H groups in total. The van der Waals surface area contributed by atoms with Gasteiger partial charge in [-0.25, -0.2) is 0 Å². The second kappa shape index (κ2) is 12.1. The SMILES string of the molecule is CCc1cc(-c2n[nH]c(=S)n2-c2ccc(OC)c3oc(C)cc23)c(O)cc1O.COc1ccc(N=C=S)c2cc(C)oc12. The summed E-state index contributed by atoms with van der Waals surface area (Å²) < 4.78 is 24.0. The molecular formula is C31H28N4O6S2. The smallest absolute Gasteiger partial charge is 0.200 e. The van der Waals surface area contributed by atoms with Crippen molar-refractivity contribution in [2.75, 3.05) is 14.2 Å². The van der Waals surface area contributed by atoms with Crippen molar-refractivity contribution in [1.29, 1.82) is 0 Å². The molecule has 43 heavy (non-hydrogen) atoms. The number of nitrogens with zero attached hydrogens (tertiary/aromatic N) is 3. The van der Waals surface area contributed by atoms with Crippen LogP contribution in [0.3, 0.4) is 0 Å². The number of phenols is 2. The maximum Gasteiger partial charge on any atom is 0.200 e. The van der Waals surface area contributed by atoms with Crippen LogP contribution in [0.25, 0.3) is 39.0 Å². The average Bonchev–Trinajstić information content (AvgIpc) is 3.69. The number of aromatic hydroxyl groups is 2. The monoisotopic (exact) mass is 616 g/mol. The van der Waals surface area contributed by atoms with Crippen molar-refractivity contribution in [3.8, 4) is 40.1 Å². The van der Waals surface area contributed by atoms with Crippen LogP contribution in [-0.2, 0) is 6.42 Å². The Morgan fingerprint density at radius 1 is 0.930 bits per heavy atom. The van der Waals surface area contributed by atoms with Crippen LogP contribution in [0.1, 0.15) is 24.0 Å². The fraction of sp³-hybridized carbons (Fsp3) is 0.194. The number of hydrogen-bond donors (Lipinski definition) is 3. The predicted octanol–water partition coefficient (Wildman–Crippen LogP) is 8.12. The van der Waals surface area contributed by atoms with E-state index in [2.05, 4.69) is 32.6 Å². The van der Waals surface area contributed by atoms with E-state index in [-0.39, 0.29) is 11.5 Å². The van der Waals surface area contributed by atoms with Crippen LogP contribution in [0.4, 0.5) is 5.69 Å². The van der Waals surface area contributed by atoms with E-state index >= 15 is 0 Å². The van der Waals surface area contributed by atoms with Crippen molar-refractivity contribution < 1.29 is 28.5 Å². The van der Waals surface area contributed by atoms with Crippen molar-refractivity contribution in [1.82, 2.24) is 14.8 Å². The molecule has 3 heterocycles. The number of furan rings is 2. The van der Waals surface area contributed by atoms with E-state index in [1.54, 1.807) is 37.0 Å². The zero-order valence-electron chi connectivity index (χ0n) is 24.0. The molecule has 0 radical (unpaired) electrons. The van der Waals surface area contributed by atoms with Gasteiger partial charge in [-0.2, -0.15) is 10.1 Å². The topological polar surface area (TPSA) is 131 Å². The lowest BCUT2D eigenvalue weighted by Gasteiger charge is -2.12. The van der Waals surface area contributed by atoms with Crippen LogP contribution in [0.15, 0.2) is 62.4 Å². The fourth-order valence-electron chi connectivity index (χ4n) is 4.86. The van der Waals surface area contributed by atoms with E-state index in [0.717, 1.165) is 33.7 Å². The number of aromatic nitrogens is 3. The maximum absolute atomic E-state index is 10.4. The standard InChI is InChI=1S/C20H19N3O4S.C11H9NO2S/c1-4-11-8-13(16(25)9-15(11)24)19-21-22-20(28)23(19)14-5-6-17(26-3)18-12(14)7-10(2)27-18;1-7-5-8-9(12-6-15)3-4-10(13-2)11(8)14-7/h5-9,24-25H,4H2,1-3H3,(H,22,28);3-5H,1-2H3. The molecule has 0 unspecified atom stereocenters. The molecule has 6 aromatic rings. The molecule has 0 aliphatic heterocycles. The van der Waals surface area contributed by atoms with Gasteiger partial charge in [-0.1, -0.05) is 6.92 Å². The highest BCUT2D eigenvalue weighted by molar-refractivity contribution is 7.78. The number of aryl methyl sites for hydroxylation is 3. The second-order valence-electron chi connectivity index (χ2n) is 9.52. The number of fused-ring (bicyclic) bond motifs is 2. The third kappa shape index (κ3) is 5.51. The third-order valence-electron chi connectivity index (χ3n) is 6.83. The lowest BCUT2D eigenvalue weighted by atomic mass is 10.1. The molecule has 0 amide bonds. The lowest BCUT2D eigenvalue weighted by Crippen LogP contribution is -2.00. The number of nitrogens with one attached hydrogen (secondary N) is 1. The Balaban J connectivity index is 0.000000207. The van der Waals surface area contributed by atoms with Crippen LogP contribution in [0.5, 0.6) is 23.0 Å². The number of isothiocyanates is 1. The predicted molar refractivity (Wildman–Crippen MR) is 170 cm³/mol. The fourth-order valence-corrected chi connectivity index (χ4v) is 5.19. The first-order chi connectivity index (χ1) is 20.7. The molecule has 0 saturated carbocycles. The summed E-state index contributed by atoms with van der Waals surface area (Å²) in [4.78, 5) is 3.97. The first-order valence-corrected chi connectivity index (χ1v) is 14.0. The lowest BCUT2D eigenvalue weighted by molar-refractivity contribution is 0.408. The van der Waals surface area contributed by atoms with Gasteiger partial charge in [-0.05, 0) is 92.7 Å². The Bertz CT molecular complexity index is 2080. The van der Waals surface area contributed by atoms with E-state index in [4.69, 9.17) is 30.5 Å². The van der Waals surface area contributed by atoms with Crippen molar-refractivity contribution in [3.05, 3.63) is 70.4 Å². The van der Waals surface area contributed by atoms with E-state index in [0.29, 0.717) is 50.8 Å². The molecule has 0 aliphatic carbocycles. The molecule has 0 aliphatic rings. The maximum atomic E-state index is 10.4. The Morgan fingerprint density at radius 3 is 2.19 bits per heavy atom. The first-order valence-electron chi connectivity index (χ1n) is 13.2. The number of phenolic OH excluding ortho intramolecular Hbond substituents is 2. The quantitative estimate of drug-likeness (QED) is 0.125. The van der Waals surface area contributed by atoms with Crippen LogP contribution < -0.4 is 9.47 Å². The van der Waals surface area contributed by atoms with Gasteiger partial charge in [0.25, 0.3) is 0 Å². The van der Waals surface area contributed by atoms with Gasteiger partial charge in [0.15, 0.2) is 33.3 Å². The summed E-state index contributed by atoms with van der Waals surface area (Å²) in [6, 6.07) is 14.1. The molecule has 0 atom stereocenters. The molecule has 0 bridgehead atoms. The largest absolute Gasteiger partial charge is 0.508 e. The zero-order valence-corrected chi connectivity index (χ0v) is 25.6. The third-order valence-corrected chi connectivity index (χ3v) is 7.20. The van der Waals surface area contributed by atoms with E-state index in [1.807, 2.05) is 45.0 Å². The number of hydrogen-bond acceptors (Lipinski definition) is 10. The summed E-state index contributed by atoms with van der Waals surface area (Å²) in [5, 5.41) is 31.6. The molecule has 0 saturated heterocycles. The van der Waals surface area contributed by atoms with Crippen LogP contribution >= 0.6 is 24.4 Å². The van der Waals surface area contributed by atoms with Gasteiger partial charge in [0.2, 0.25) is 0 Å². The highest BCUT2D eigenvalue weighted by Gasteiger charge is 2.20. The van der Waals surface area contributed by atoms with E-state index in [1.165, 1.54) is 6.07 Å². The number of thiocarbonyl (C=S) groups is 1. The van der Waals surface area contributed by atoms with Crippen molar-refractivity contribution in [2.45, 2.75) is 27.2 Å². The molecule has 3 aromatic heterocycles. The minimum Gasteiger partial charge on any atom is -0.508 e. The van der Waals surface area contributed by atoms with E-state index < -0.39 is 0 Å². The summed E-state index contributed by atoms with van der Waals surface area (Å²) >= 11 is 10.1. The van der Waals surface area contributed by atoms with Crippen LogP contribution in [0.2, 0.25) is 0 Å². The Labute approximate surface area is 256 Å². The molecule has 12 heteroatoms. The van der Waals surface area contributed by atoms with Gasteiger partial charge in [-0.15, -0.1) is 0 Å². The minimum atomic E-state index is -0.0851. The van der Waals surface area contributed by atoms with Gasteiger partial charge < -0.3 is 28.5 Å². The molecular weight excluding hydrogens is 588 g/mol. The number of H-pyrrole nitrogens is 1. The van der Waals surface area contributed by atoms with Gasteiger partial charge in [0.1, 0.15) is 23.0 Å². The highest BCUT2D eigenvalue weighted by Crippen LogP contribution is 2.39. The summed E-state index contributed by atoms with van der Waals surface area (Å²) in [5.74, 6) is 3.25. The second-order valence-corrected chi connectivity index (χ2v) is 10.1. The molecule has 220 valence electrons. The molecule has 0 spiro atoms. The number of aliphatic imine (C=N–C) groups is 1. The van der Waals surface area contributed by atoms with Crippen LogP contribution in [-0.4, -0.2) is 44.4 Å². The number of ether oxygens (including phenoxy) is 2. The van der Waals surface area contributed by atoms with Gasteiger partial charge in [-0.3, -0.25) is 9.67 Å². The minimum absolute atomic E-state index is 0.0433. The summed E-state index contributed by atoms with van der Waals surface area (Å²) in [7, 11) is 3.19. The van der Waals surface area contributed by atoms with Gasteiger partial charge >= 0.3 is 0 Å². The van der Waals surface area contributed by atoms with E-state index in [9.17, 15) is 10.2 Å². The summed E-state index contributed by atoms with van der Waals surface area (Å²) in [5.41, 5.74) is 3.96. The molecule has 3 aromatic carbocycles. The Hall–Kier alpha value is -4.90. The average molecular weight is 617 g/mol. The Kier molecular flexibility index (Phi) is 8.36. The number of benzene rings is 3. The molecule has 10 nitrogen and oxygen atoms in total. The number of aromatic amines is 1. The number of rotatable bonds is 6. The van der Waals surface area contributed by atoms with Crippen molar-refractivity contribution in [2.24, 2.45) is 4.99 Å². The van der Waals surface area contributed by atoms with Crippen molar-refractivity contribution >= 4 is 57.2 Å². The van der Waals surface area contributed by atoms with Gasteiger partial charge in [0, 0.05) is 11.5 Å². The molecule has 6 rings (SSSR count). The highest BCUT2D eigenvalue weighted by atomic mass is 32.1. The Morgan fingerprint density at radius 2 is 1.56 bits per heavy atom. The zero-order chi connectivity index (χ0) is 30.8. The first kappa shape index (κ1) is 29.6.